The molecule has 0 radical (unpaired) electrons. The molecule has 0 bridgehead atoms. The fourth-order valence-corrected chi connectivity index (χ4v) is 1.51. The predicted octanol–water partition coefficient (Wildman–Crippen LogP) is 0.999. The van der Waals surface area contributed by atoms with Crippen molar-refractivity contribution in [2.24, 2.45) is 0 Å². The number of carbonyl (C=O) groups is 2. The number of aromatic amines is 1. The summed E-state index contributed by atoms with van der Waals surface area (Å²) in [5.41, 5.74) is 0.692. The van der Waals surface area contributed by atoms with Crippen molar-refractivity contribution >= 4 is 17.6 Å². The minimum absolute atomic E-state index is 0.174. The summed E-state index contributed by atoms with van der Waals surface area (Å²) < 4.78 is 10.0. The number of anilines is 1. The molecule has 1 aromatic carbocycles. The number of esters is 1. The van der Waals surface area contributed by atoms with Crippen LogP contribution in [0.5, 0.6) is 5.75 Å². The second kappa shape index (κ2) is 7.04. The van der Waals surface area contributed by atoms with Gasteiger partial charge in [-0.3, -0.25) is 4.79 Å². The number of aromatic nitrogens is 3. The second-order valence-corrected chi connectivity index (χ2v) is 3.93. The predicted molar refractivity (Wildman–Crippen MR) is 72.9 cm³/mol. The Morgan fingerprint density at radius 1 is 1.38 bits per heavy atom. The maximum Gasteiger partial charge on any atom is 0.344 e. The first-order chi connectivity index (χ1) is 10.2. The van der Waals surface area contributed by atoms with E-state index >= 15 is 0 Å². The third kappa shape index (κ3) is 4.30. The normalized spacial score (nSPS) is 9.95. The van der Waals surface area contributed by atoms with Crippen molar-refractivity contribution in [2.75, 3.05) is 18.5 Å². The highest BCUT2D eigenvalue weighted by atomic mass is 16.6. The highest BCUT2D eigenvalue weighted by Gasteiger charge is 2.09. The summed E-state index contributed by atoms with van der Waals surface area (Å²) in [4.78, 5) is 23.0. The van der Waals surface area contributed by atoms with Gasteiger partial charge in [-0.25, -0.2) is 4.79 Å². The first-order valence-electron chi connectivity index (χ1n) is 6.24. The average molecular weight is 290 g/mol. The van der Waals surface area contributed by atoms with Gasteiger partial charge in [0.1, 0.15) is 5.75 Å². The standard InChI is InChI=1S/C13H14N4O4/c1-2-20-12(18)8-21-10-5-3-4-9(6-10)15-13(19)11-7-14-17-16-11/h3-7H,2,8H2,1H3,(H,15,19)(H,14,16,17). The number of H-pyrrole nitrogens is 1. The molecule has 8 heteroatoms. The summed E-state index contributed by atoms with van der Waals surface area (Å²) in [6.45, 7) is 1.84. The fraction of sp³-hybridized carbons (Fsp3) is 0.231. The van der Waals surface area contributed by atoms with Gasteiger partial charge in [0.25, 0.3) is 5.91 Å². The van der Waals surface area contributed by atoms with Gasteiger partial charge in [0.05, 0.1) is 12.8 Å². The minimum Gasteiger partial charge on any atom is -0.482 e. The van der Waals surface area contributed by atoms with Gasteiger partial charge in [-0.1, -0.05) is 6.07 Å². The molecule has 1 aromatic heterocycles. The molecule has 8 nitrogen and oxygen atoms in total. The van der Waals surface area contributed by atoms with Crippen molar-refractivity contribution in [2.45, 2.75) is 6.92 Å². The Morgan fingerprint density at radius 2 is 2.24 bits per heavy atom. The van der Waals surface area contributed by atoms with Crippen LogP contribution in [0.4, 0.5) is 5.69 Å². The maximum atomic E-state index is 11.8. The van der Waals surface area contributed by atoms with Gasteiger partial charge < -0.3 is 14.8 Å². The number of rotatable bonds is 6. The zero-order chi connectivity index (χ0) is 15.1. The first kappa shape index (κ1) is 14.5. The van der Waals surface area contributed by atoms with Crippen LogP contribution in [-0.2, 0) is 9.53 Å². The van der Waals surface area contributed by atoms with Crippen LogP contribution in [0, 0.1) is 0 Å². The Balaban J connectivity index is 1.94. The van der Waals surface area contributed by atoms with Crippen LogP contribution >= 0.6 is 0 Å². The van der Waals surface area contributed by atoms with E-state index in [1.54, 1.807) is 31.2 Å². The number of amides is 1. The van der Waals surface area contributed by atoms with Gasteiger partial charge in [-0.15, -0.1) is 0 Å². The molecule has 0 saturated carbocycles. The van der Waals surface area contributed by atoms with Gasteiger partial charge in [0.15, 0.2) is 12.3 Å². The van der Waals surface area contributed by atoms with E-state index in [-0.39, 0.29) is 12.3 Å². The quantitative estimate of drug-likeness (QED) is 0.769. The van der Waals surface area contributed by atoms with Crippen LogP contribution in [-0.4, -0.2) is 40.5 Å². The topological polar surface area (TPSA) is 106 Å². The Bertz CT molecular complexity index is 612. The molecular formula is C13H14N4O4. The molecule has 0 aliphatic heterocycles. The lowest BCUT2D eigenvalue weighted by Crippen LogP contribution is -2.15. The lowest BCUT2D eigenvalue weighted by Gasteiger charge is -2.08. The molecule has 1 heterocycles. The lowest BCUT2D eigenvalue weighted by atomic mass is 10.3. The van der Waals surface area contributed by atoms with Crippen molar-refractivity contribution in [1.29, 1.82) is 0 Å². The third-order valence-corrected chi connectivity index (χ3v) is 2.40. The maximum absolute atomic E-state index is 11.8. The summed E-state index contributed by atoms with van der Waals surface area (Å²) in [5, 5.41) is 12.2. The van der Waals surface area contributed by atoms with Crippen LogP contribution in [0.3, 0.4) is 0 Å². The van der Waals surface area contributed by atoms with Crippen LogP contribution < -0.4 is 10.1 Å². The van der Waals surface area contributed by atoms with E-state index in [4.69, 9.17) is 9.47 Å². The molecule has 2 rings (SSSR count). The molecule has 2 N–H and O–H groups in total. The number of hydrogen-bond donors (Lipinski definition) is 2. The molecule has 0 unspecified atom stereocenters. The molecule has 0 aliphatic carbocycles. The van der Waals surface area contributed by atoms with E-state index in [1.807, 2.05) is 0 Å². The monoisotopic (exact) mass is 290 g/mol. The van der Waals surface area contributed by atoms with E-state index in [2.05, 4.69) is 20.7 Å². The molecule has 0 saturated heterocycles. The van der Waals surface area contributed by atoms with Crippen molar-refractivity contribution in [3.63, 3.8) is 0 Å². The Labute approximate surface area is 120 Å². The highest BCUT2D eigenvalue weighted by molar-refractivity contribution is 6.02. The van der Waals surface area contributed by atoms with Crippen molar-refractivity contribution in [3.8, 4) is 5.75 Å². The number of benzene rings is 1. The Kier molecular flexibility index (Phi) is 4.86. The minimum atomic E-state index is -0.450. The van der Waals surface area contributed by atoms with Crippen molar-refractivity contribution in [3.05, 3.63) is 36.2 Å². The van der Waals surface area contributed by atoms with Gasteiger partial charge in [-0.2, -0.15) is 15.4 Å². The molecule has 1 amide bonds. The molecule has 21 heavy (non-hydrogen) atoms. The van der Waals surface area contributed by atoms with Gasteiger partial charge in [0, 0.05) is 11.8 Å². The Morgan fingerprint density at radius 3 is 2.95 bits per heavy atom. The molecule has 0 aliphatic rings. The molecular weight excluding hydrogens is 276 g/mol. The number of hydrogen-bond acceptors (Lipinski definition) is 6. The zero-order valence-electron chi connectivity index (χ0n) is 11.3. The zero-order valence-corrected chi connectivity index (χ0v) is 11.3. The first-order valence-corrected chi connectivity index (χ1v) is 6.24. The number of nitrogens with zero attached hydrogens (tertiary/aromatic N) is 2. The van der Waals surface area contributed by atoms with E-state index in [0.29, 0.717) is 18.0 Å². The number of ether oxygens (including phenoxy) is 2. The summed E-state index contributed by atoms with van der Waals surface area (Å²) in [5.74, 6) is -0.401. The van der Waals surface area contributed by atoms with Gasteiger partial charge >= 0.3 is 5.97 Å². The van der Waals surface area contributed by atoms with Crippen LogP contribution in [0.25, 0.3) is 0 Å². The lowest BCUT2D eigenvalue weighted by molar-refractivity contribution is -0.145. The smallest absolute Gasteiger partial charge is 0.344 e. The summed E-state index contributed by atoms with van der Waals surface area (Å²) >= 11 is 0. The third-order valence-electron chi connectivity index (χ3n) is 2.40. The second-order valence-electron chi connectivity index (χ2n) is 3.93. The van der Waals surface area contributed by atoms with Gasteiger partial charge in [-0.05, 0) is 19.1 Å². The Hall–Kier alpha value is -2.90. The summed E-state index contributed by atoms with van der Waals surface area (Å²) in [6, 6.07) is 6.65. The fourth-order valence-electron chi connectivity index (χ4n) is 1.51. The largest absolute Gasteiger partial charge is 0.482 e. The van der Waals surface area contributed by atoms with E-state index in [9.17, 15) is 9.59 Å². The highest BCUT2D eigenvalue weighted by Crippen LogP contribution is 2.17. The van der Waals surface area contributed by atoms with E-state index < -0.39 is 11.9 Å². The summed E-state index contributed by atoms with van der Waals surface area (Å²) in [7, 11) is 0. The molecule has 2 aromatic rings. The molecule has 110 valence electrons. The molecule has 0 spiro atoms. The van der Waals surface area contributed by atoms with Crippen LogP contribution in [0.15, 0.2) is 30.5 Å². The van der Waals surface area contributed by atoms with Crippen LogP contribution in [0.1, 0.15) is 17.4 Å². The van der Waals surface area contributed by atoms with E-state index in [1.165, 1.54) is 6.20 Å². The van der Waals surface area contributed by atoms with Crippen molar-refractivity contribution < 1.29 is 19.1 Å². The average Bonchev–Trinajstić information content (AvgIpc) is 3.00. The van der Waals surface area contributed by atoms with Crippen molar-refractivity contribution in [1.82, 2.24) is 15.4 Å². The molecule has 0 atom stereocenters. The number of carbonyl (C=O) groups excluding carboxylic acids is 2. The number of nitrogens with one attached hydrogen (secondary N) is 2. The van der Waals surface area contributed by atoms with Crippen LogP contribution in [0.2, 0.25) is 0 Å². The molecule has 0 fully saturated rings. The summed E-state index contributed by atoms with van der Waals surface area (Å²) in [6.07, 6.45) is 1.32. The SMILES string of the molecule is CCOC(=O)COc1cccc(NC(=O)c2cn[nH]n2)c1. The van der Waals surface area contributed by atoms with E-state index in [0.717, 1.165) is 0 Å². The van der Waals surface area contributed by atoms with Gasteiger partial charge in [0.2, 0.25) is 0 Å².